The fourth-order valence-corrected chi connectivity index (χ4v) is 0.831. The maximum atomic E-state index is 12.7. The van der Waals surface area contributed by atoms with Crippen LogP contribution in [0.2, 0.25) is 0 Å². The highest BCUT2D eigenvalue weighted by Crippen LogP contribution is 2.24. The molecule has 0 radical (unpaired) electrons. The van der Waals surface area contributed by atoms with Crippen LogP contribution in [0.4, 0.5) is 36.4 Å². The molecule has 1 aromatic heterocycles. The summed E-state index contributed by atoms with van der Waals surface area (Å²) in [6, 6.07) is 0. The number of alkyl halides is 3. The Morgan fingerprint density at radius 1 is 0.938 bits per heavy atom. The molecule has 0 atom stereocenters. The molecule has 90 valence electrons. The molecule has 0 unspecified atom stereocenters. The summed E-state index contributed by atoms with van der Waals surface area (Å²) in [6.45, 7) is -1.83. The molecule has 1 N–H and O–H groups in total. The number of anilines is 1. The monoisotopic (exact) mass is 248 g/mol. The van der Waals surface area contributed by atoms with Crippen molar-refractivity contribution in [3.8, 4) is 0 Å². The third-order valence-corrected chi connectivity index (χ3v) is 1.46. The van der Waals surface area contributed by atoms with E-state index in [-0.39, 0.29) is 0 Å². The molecule has 9 heteroatoms. The molecule has 16 heavy (non-hydrogen) atoms. The van der Waals surface area contributed by atoms with Crippen molar-refractivity contribution in [3.63, 3.8) is 0 Å². The highest BCUT2D eigenvalue weighted by molar-refractivity contribution is 5.45. The van der Waals surface area contributed by atoms with E-state index < -0.39 is 41.9 Å². The first kappa shape index (κ1) is 12.5. The average Bonchev–Trinajstić information content (AvgIpc) is 2.13. The SMILES string of the molecule is Fc1nc(F)c(F)c(NCC(F)(F)F)c1F. The van der Waals surface area contributed by atoms with Gasteiger partial charge in [-0.3, -0.25) is 0 Å². The van der Waals surface area contributed by atoms with Gasteiger partial charge in [-0.1, -0.05) is 0 Å². The molecule has 0 amide bonds. The predicted octanol–water partition coefficient (Wildman–Crippen LogP) is 2.61. The third kappa shape index (κ3) is 2.74. The van der Waals surface area contributed by atoms with Crippen molar-refractivity contribution in [1.82, 2.24) is 4.98 Å². The molecular weight excluding hydrogens is 245 g/mol. The van der Waals surface area contributed by atoms with E-state index >= 15 is 0 Å². The Morgan fingerprint density at radius 3 is 1.75 bits per heavy atom. The van der Waals surface area contributed by atoms with E-state index in [9.17, 15) is 30.7 Å². The predicted molar refractivity (Wildman–Crippen MR) is 38.6 cm³/mol. The molecule has 0 bridgehead atoms. The second-order valence-corrected chi connectivity index (χ2v) is 2.67. The zero-order valence-electron chi connectivity index (χ0n) is 7.30. The summed E-state index contributed by atoms with van der Waals surface area (Å²) in [5.41, 5.74) is -1.54. The first-order valence-electron chi connectivity index (χ1n) is 3.73. The normalized spacial score (nSPS) is 11.7. The van der Waals surface area contributed by atoms with E-state index in [1.807, 2.05) is 0 Å². The van der Waals surface area contributed by atoms with Crippen LogP contribution in [0.25, 0.3) is 0 Å². The van der Waals surface area contributed by atoms with Crippen LogP contribution in [0.15, 0.2) is 0 Å². The number of aromatic nitrogens is 1. The van der Waals surface area contributed by atoms with Gasteiger partial charge in [-0.2, -0.15) is 35.7 Å². The maximum absolute atomic E-state index is 12.7. The van der Waals surface area contributed by atoms with Crippen LogP contribution in [-0.4, -0.2) is 17.7 Å². The van der Waals surface area contributed by atoms with Crippen molar-refractivity contribution < 1.29 is 30.7 Å². The first-order chi connectivity index (χ1) is 7.22. The fourth-order valence-electron chi connectivity index (χ4n) is 0.831. The van der Waals surface area contributed by atoms with E-state index in [2.05, 4.69) is 4.98 Å². The van der Waals surface area contributed by atoms with E-state index in [4.69, 9.17) is 0 Å². The average molecular weight is 248 g/mol. The van der Waals surface area contributed by atoms with Gasteiger partial charge in [-0.25, -0.2) is 0 Å². The quantitative estimate of drug-likeness (QED) is 0.642. The third-order valence-electron chi connectivity index (χ3n) is 1.46. The molecule has 0 spiro atoms. The molecule has 1 rings (SSSR count). The fraction of sp³-hybridized carbons (Fsp3) is 0.286. The topological polar surface area (TPSA) is 24.9 Å². The molecule has 0 fully saturated rings. The lowest BCUT2D eigenvalue weighted by Gasteiger charge is -2.11. The minimum atomic E-state index is -4.78. The minimum Gasteiger partial charge on any atom is -0.371 e. The Morgan fingerprint density at radius 2 is 1.38 bits per heavy atom. The van der Waals surface area contributed by atoms with Gasteiger partial charge in [0.05, 0.1) is 0 Å². The van der Waals surface area contributed by atoms with Crippen LogP contribution in [0, 0.1) is 23.5 Å². The Balaban J connectivity index is 3.04. The Bertz CT molecular complexity index is 374. The van der Waals surface area contributed by atoms with Crippen molar-refractivity contribution in [2.75, 3.05) is 11.9 Å². The number of hydrogen-bond acceptors (Lipinski definition) is 2. The summed E-state index contributed by atoms with van der Waals surface area (Å²) in [4.78, 5) is 2.17. The van der Waals surface area contributed by atoms with Crippen molar-refractivity contribution in [1.29, 1.82) is 0 Å². The summed E-state index contributed by atoms with van der Waals surface area (Å²) in [5.74, 6) is -8.07. The van der Waals surface area contributed by atoms with Crippen LogP contribution < -0.4 is 5.32 Å². The van der Waals surface area contributed by atoms with Gasteiger partial charge in [0.2, 0.25) is 11.6 Å². The number of hydrogen-bond donors (Lipinski definition) is 1. The number of rotatable bonds is 2. The molecule has 1 aromatic rings. The molecule has 2 nitrogen and oxygen atoms in total. The molecule has 0 aromatic carbocycles. The lowest BCUT2D eigenvalue weighted by Crippen LogP contribution is -2.23. The molecular formula is C7H3F7N2. The van der Waals surface area contributed by atoms with Gasteiger partial charge in [-0.15, -0.1) is 0 Å². The van der Waals surface area contributed by atoms with Gasteiger partial charge in [0.15, 0.2) is 0 Å². The van der Waals surface area contributed by atoms with E-state index in [0.717, 1.165) is 0 Å². The minimum absolute atomic E-state index is 1.21. The van der Waals surface area contributed by atoms with Crippen LogP contribution in [0.3, 0.4) is 0 Å². The molecule has 0 saturated heterocycles. The number of nitrogens with one attached hydrogen (secondary N) is 1. The van der Waals surface area contributed by atoms with Crippen LogP contribution in [-0.2, 0) is 0 Å². The number of pyridine rings is 1. The van der Waals surface area contributed by atoms with Gasteiger partial charge < -0.3 is 5.32 Å². The Labute approximate surface area is 84.1 Å². The molecule has 0 saturated carbocycles. The molecule has 0 aliphatic carbocycles. The van der Waals surface area contributed by atoms with Gasteiger partial charge >= 0.3 is 6.18 Å². The highest BCUT2D eigenvalue weighted by atomic mass is 19.4. The summed E-state index contributed by atoms with van der Waals surface area (Å²) in [6.07, 6.45) is -4.78. The van der Waals surface area contributed by atoms with Crippen molar-refractivity contribution in [3.05, 3.63) is 23.5 Å². The van der Waals surface area contributed by atoms with Crippen LogP contribution in [0.1, 0.15) is 0 Å². The molecule has 0 aliphatic heterocycles. The lowest BCUT2D eigenvalue weighted by atomic mass is 10.3. The van der Waals surface area contributed by atoms with Crippen molar-refractivity contribution in [2.24, 2.45) is 0 Å². The summed E-state index contributed by atoms with van der Waals surface area (Å²) in [5, 5.41) is 1.21. The van der Waals surface area contributed by atoms with Gasteiger partial charge in [0.1, 0.15) is 12.2 Å². The second-order valence-electron chi connectivity index (χ2n) is 2.67. The molecule has 0 aliphatic rings. The summed E-state index contributed by atoms with van der Waals surface area (Å²) >= 11 is 0. The van der Waals surface area contributed by atoms with Crippen molar-refractivity contribution in [2.45, 2.75) is 6.18 Å². The van der Waals surface area contributed by atoms with E-state index in [1.165, 1.54) is 5.32 Å². The Kier molecular flexibility index (Phi) is 3.24. The van der Waals surface area contributed by atoms with Gasteiger partial charge in [-0.05, 0) is 0 Å². The smallest absolute Gasteiger partial charge is 0.371 e. The van der Waals surface area contributed by atoms with Gasteiger partial charge in [0.25, 0.3) is 11.9 Å². The zero-order chi connectivity index (χ0) is 12.5. The Hall–Kier alpha value is -1.54. The second kappa shape index (κ2) is 4.14. The van der Waals surface area contributed by atoms with E-state index in [0.29, 0.717) is 0 Å². The van der Waals surface area contributed by atoms with Crippen LogP contribution in [0.5, 0.6) is 0 Å². The standard InChI is InChI=1S/C7H3F7N2/c8-2-4(15-1-7(12,13)14)3(9)6(11)16-5(2)10/h1H2,(H,15,16). The molecule has 1 heterocycles. The summed E-state index contributed by atoms with van der Waals surface area (Å²) in [7, 11) is 0. The first-order valence-corrected chi connectivity index (χ1v) is 3.73. The maximum Gasteiger partial charge on any atom is 0.405 e. The van der Waals surface area contributed by atoms with Gasteiger partial charge in [0, 0.05) is 0 Å². The lowest BCUT2D eigenvalue weighted by molar-refractivity contribution is -0.115. The van der Waals surface area contributed by atoms with E-state index in [1.54, 1.807) is 0 Å². The summed E-state index contributed by atoms with van der Waals surface area (Å²) < 4.78 is 85.4. The van der Waals surface area contributed by atoms with Crippen LogP contribution >= 0.6 is 0 Å². The number of nitrogens with zero attached hydrogens (tertiary/aromatic N) is 1. The number of halogens is 7. The zero-order valence-corrected chi connectivity index (χ0v) is 7.30. The highest BCUT2D eigenvalue weighted by Gasteiger charge is 2.29. The largest absolute Gasteiger partial charge is 0.405 e. The van der Waals surface area contributed by atoms with Crippen molar-refractivity contribution >= 4 is 5.69 Å².